The lowest BCUT2D eigenvalue weighted by molar-refractivity contribution is -0.0959. The van der Waals surface area contributed by atoms with Crippen molar-refractivity contribution in [2.75, 3.05) is 12.4 Å². The third-order valence-corrected chi connectivity index (χ3v) is 5.93. The first kappa shape index (κ1) is 12.2. The first-order valence-corrected chi connectivity index (χ1v) is 8.09. The van der Waals surface area contributed by atoms with Crippen LogP contribution in [0.3, 0.4) is 0 Å². The Hall–Kier alpha value is -0.550. The first-order chi connectivity index (χ1) is 9.36. The van der Waals surface area contributed by atoms with Gasteiger partial charge in [0, 0.05) is 13.0 Å². The molecule has 1 spiro atoms. The highest BCUT2D eigenvalue weighted by Gasteiger charge is 2.67. The van der Waals surface area contributed by atoms with E-state index in [2.05, 4.69) is 30.3 Å². The van der Waals surface area contributed by atoms with Gasteiger partial charge in [0.15, 0.2) is 0 Å². The van der Waals surface area contributed by atoms with Gasteiger partial charge in [0.05, 0.1) is 5.25 Å². The molecule has 3 aliphatic heterocycles. The molecule has 4 rings (SSSR count). The molecule has 4 heteroatoms. The Kier molecular flexibility index (Phi) is 2.88. The fraction of sp³-hybridized carbons (Fsp3) is 0.600. The van der Waals surface area contributed by atoms with E-state index < -0.39 is 0 Å². The summed E-state index contributed by atoms with van der Waals surface area (Å²) in [7, 11) is 0. The molecule has 0 saturated carbocycles. The molecule has 102 valence electrons. The summed E-state index contributed by atoms with van der Waals surface area (Å²) in [4.78, 5) is 10.7. The lowest BCUT2D eigenvalue weighted by Crippen LogP contribution is -2.48. The van der Waals surface area contributed by atoms with E-state index in [0.717, 1.165) is 31.6 Å². The second-order valence-corrected chi connectivity index (χ2v) is 6.75. The Morgan fingerprint density at radius 1 is 1.05 bits per heavy atom. The fourth-order valence-electron chi connectivity index (χ4n) is 3.41. The Bertz CT molecular complexity index is 452. The van der Waals surface area contributed by atoms with Crippen LogP contribution >= 0.6 is 11.8 Å². The molecule has 0 radical (unpaired) electrons. The third kappa shape index (κ3) is 1.85. The lowest BCUT2D eigenvalue weighted by Gasteiger charge is -2.42. The molecule has 19 heavy (non-hydrogen) atoms. The van der Waals surface area contributed by atoms with Gasteiger partial charge in [-0.25, -0.2) is 0 Å². The summed E-state index contributed by atoms with van der Waals surface area (Å²) in [6.07, 6.45) is 4.39. The molecule has 0 aliphatic carbocycles. The molecule has 3 saturated heterocycles. The molecule has 2 atom stereocenters. The number of rotatable bonds is 2. The predicted molar refractivity (Wildman–Crippen MR) is 73.7 cm³/mol. The van der Waals surface area contributed by atoms with Gasteiger partial charge in [-0.15, -0.1) is 11.8 Å². The van der Waals surface area contributed by atoms with Crippen LogP contribution in [0.4, 0.5) is 0 Å². The summed E-state index contributed by atoms with van der Waals surface area (Å²) in [5, 5.41) is 0.252. The number of thioether (sulfide) groups is 1. The zero-order valence-electron chi connectivity index (χ0n) is 10.8. The minimum Gasteiger partial charge on any atom is -0.369 e. The van der Waals surface area contributed by atoms with Gasteiger partial charge in [-0.1, -0.05) is 30.3 Å². The van der Waals surface area contributed by atoms with E-state index in [4.69, 9.17) is 14.5 Å². The predicted octanol–water partition coefficient (Wildman–Crippen LogP) is 3.25. The molecule has 3 nitrogen and oxygen atoms in total. The van der Waals surface area contributed by atoms with E-state index in [9.17, 15) is 0 Å². The average molecular weight is 278 g/mol. The van der Waals surface area contributed by atoms with Crippen molar-refractivity contribution in [2.24, 2.45) is 0 Å². The van der Waals surface area contributed by atoms with Crippen molar-refractivity contribution in [3.05, 3.63) is 35.9 Å². The standard InChI is InChI=1S/C15H18O3S/c1-2-6-12(7-3-1)14(8-4-5-10-16-14)13-15(17-18-15)9-11-19-13/h1-3,6-7,13H,4-5,8-11H2. The summed E-state index contributed by atoms with van der Waals surface area (Å²) < 4.78 is 6.33. The summed E-state index contributed by atoms with van der Waals surface area (Å²) in [5.74, 6) is 0.709. The van der Waals surface area contributed by atoms with Gasteiger partial charge in [-0.05, 0) is 30.6 Å². The number of ether oxygens (including phenoxy) is 1. The van der Waals surface area contributed by atoms with Crippen LogP contribution in [0, 0.1) is 0 Å². The normalized spacial score (nSPS) is 36.5. The number of benzene rings is 1. The van der Waals surface area contributed by atoms with E-state index in [0.29, 0.717) is 0 Å². The largest absolute Gasteiger partial charge is 0.369 e. The molecule has 0 amide bonds. The van der Waals surface area contributed by atoms with Crippen molar-refractivity contribution in [2.45, 2.75) is 42.3 Å². The van der Waals surface area contributed by atoms with Crippen LogP contribution in [0.2, 0.25) is 0 Å². The first-order valence-electron chi connectivity index (χ1n) is 7.04. The van der Waals surface area contributed by atoms with E-state index in [1.165, 1.54) is 12.0 Å². The topological polar surface area (TPSA) is 34.3 Å². The highest BCUT2D eigenvalue weighted by molar-refractivity contribution is 8.00. The highest BCUT2D eigenvalue weighted by Crippen LogP contribution is 2.58. The lowest BCUT2D eigenvalue weighted by atomic mass is 9.80. The van der Waals surface area contributed by atoms with Gasteiger partial charge >= 0.3 is 0 Å². The SMILES string of the molecule is c1ccc(C2(C3SCCC34OO4)CCCCO2)cc1. The Morgan fingerprint density at radius 3 is 2.58 bits per heavy atom. The van der Waals surface area contributed by atoms with Crippen molar-refractivity contribution in [3.8, 4) is 0 Å². The smallest absolute Gasteiger partial charge is 0.249 e. The summed E-state index contributed by atoms with van der Waals surface area (Å²) >= 11 is 1.94. The molecule has 1 aromatic carbocycles. The molecular formula is C15H18O3S. The zero-order chi connectivity index (χ0) is 12.8. The Labute approximate surface area is 117 Å². The van der Waals surface area contributed by atoms with Gasteiger partial charge in [0.1, 0.15) is 5.60 Å². The van der Waals surface area contributed by atoms with E-state index in [1.807, 2.05) is 11.8 Å². The fourth-order valence-corrected chi connectivity index (χ4v) is 5.09. The minimum atomic E-state index is -0.377. The van der Waals surface area contributed by atoms with Gasteiger partial charge in [-0.2, -0.15) is 9.78 Å². The zero-order valence-corrected chi connectivity index (χ0v) is 11.7. The molecule has 0 bridgehead atoms. The van der Waals surface area contributed by atoms with Crippen molar-refractivity contribution in [1.82, 2.24) is 0 Å². The monoisotopic (exact) mass is 278 g/mol. The summed E-state index contributed by atoms with van der Waals surface area (Å²) in [6, 6.07) is 10.6. The Balaban J connectivity index is 1.76. The maximum atomic E-state index is 6.33. The minimum absolute atomic E-state index is 0.239. The van der Waals surface area contributed by atoms with Crippen molar-refractivity contribution in [1.29, 1.82) is 0 Å². The molecule has 3 heterocycles. The van der Waals surface area contributed by atoms with Crippen LogP contribution < -0.4 is 0 Å². The van der Waals surface area contributed by atoms with Crippen LogP contribution in [0.1, 0.15) is 31.2 Å². The molecular weight excluding hydrogens is 260 g/mol. The molecule has 3 aliphatic rings. The van der Waals surface area contributed by atoms with E-state index >= 15 is 0 Å². The highest BCUT2D eigenvalue weighted by atomic mass is 32.2. The van der Waals surface area contributed by atoms with Gasteiger partial charge in [0.2, 0.25) is 5.79 Å². The van der Waals surface area contributed by atoms with Crippen LogP contribution in [0.5, 0.6) is 0 Å². The quantitative estimate of drug-likeness (QED) is 0.614. The second-order valence-electron chi connectivity index (χ2n) is 5.54. The van der Waals surface area contributed by atoms with Crippen molar-refractivity contribution in [3.63, 3.8) is 0 Å². The summed E-state index contributed by atoms with van der Waals surface area (Å²) in [5.41, 5.74) is 1.03. The van der Waals surface area contributed by atoms with Gasteiger partial charge < -0.3 is 4.74 Å². The maximum Gasteiger partial charge on any atom is 0.249 e. The average Bonchev–Trinajstić information content (AvgIpc) is 3.12. The summed E-state index contributed by atoms with van der Waals surface area (Å²) in [6.45, 7) is 0.835. The molecule has 1 aromatic rings. The van der Waals surface area contributed by atoms with E-state index in [1.54, 1.807) is 0 Å². The van der Waals surface area contributed by atoms with Crippen LogP contribution in [-0.2, 0) is 20.1 Å². The third-order valence-electron chi connectivity index (χ3n) is 4.42. The van der Waals surface area contributed by atoms with E-state index in [-0.39, 0.29) is 16.6 Å². The molecule has 0 N–H and O–H groups in total. The second kappa shape index (κ2) is 4.48. The number of hydrogen-bond donors (Lipinski definition) is 0. The maximum absolute atomic E-state index is 6.33. The van der Waals surface area contributed by atoms with Crippen LogP contribution in [0.15, 0.2) is 30.3 Å². The van der Waals surface area contributed by atoms with Crippen molar-refractivity contribution < 1.29 is 14.5 Å². The van der Waals surface area contributed by atoms with Gasteiger partial charge in [0.25, 0.3) is 0 Å². The number of hydrogen-bond acceptors (Lipinski definition) is 4. The van der Waals surface area contributed by atoms with Crippen molar-refractivity contribution >= 4 is 11.8 Å². The Morgan fingerprint density at radius 2 is 1.89 bits per heavy atom. The van der Waals surface area contributed by atoms with Crippen LogP contribution in [0.25, 0.3) is 0 Å². The van der Waals surface area contributed by atoms with Gasteiger partial charge in [-0.3, -0.25) is 0 Å². The molecule has 3 fully saturated rings. The molecule has 2 unspecified atom stereocenters. The molecule has 0 aromatic heterocycles. The van der Waals surface area contributed by atoms with Crippen LogP contribution in [-0.4, -0.2) is 23.4 Å².